The summed E-state index contributed by atoms with van der Waals surface area (Å²) in [5.74, 6) is 0.822. The molecule has 0 radical (unpaired) electrons. The number of allylic oxidation sites excluding steroid dienone is 1. The number of methoxy groups -OCH3 is 1. The number of thiocarbonyl (C=S) groups is 1. The van der Waals surface area contributed by atoms with Crippen molar-refractivity contribution in [2.45, 2.75) is 6.92 Å². The summed E-state index contributed by atoms with van der Waals surface area (Å²) in [4.78, 5) is 0. The zero-order chi connectivity index (χ0) is 12.7. The lowest BCUT2D eigenvalue weighted by molar-refractivity contribution is 0.414. The molecule has 0 amide bonds. The van der Waals surface area contributed by atoms with Crippen LogP contribution in [0, 0.1) is 0 Å². The van der Waals surface area contributed by atoms with Crippen molar-refractivity contribution in [3.63, 3.8) is 0 Å². The molecule has 3 N–H and O–H groups in total. The molecule has 0 bridgehead atoms. The van der Waals surface area contributed by atoms with Crippen LogP contribution in [0.5, 0.6) is 5.75 Å². The Labute approximate surface area is 106 Å². The molecule has 1 aromatic rings. The van der Waals surface area contributed by atoms with Crippen LogP contribution in [0.15, 0.2) is 35.4 Å². The number of nitrogens with two attached hydrogens (primary N) is 1. The van der Waals surface area contributed by atoms with Crippen LogP contribution in [0.3, 0.4) is 0 Å². The lowest BCUT2D eigenvalue weighted by atomic mass is 10.2. The van der Waals surface area contributed by atoms with Crippen LogP contribution in [0.25, 0.3) is 6.08 Å². The second kappa shape index (κ2) is 6.65. The van der Waals surface area contributed by atoms with Crippen LogP contribution in [-0.2, 0) is 0 Å². The number of rotatable bonds is 4. The third-order valence-corrected chi connectivity index (χ3v) is 2.04. The largest absolute Gasteiger partial charge is 0.497 e. The minimum Gasteiger partial charge on any atom is -0.497 e. The quantitative estimate of drug-likeness (QED) is 0.486. The molecule has 0 aliphatic carbocycles. The summed E-state index contributed by atoms with van der Waals surface area (Å²) >= 11 is 4.64. The first-order valence-corrected chi connectivity index (χ1v) is 5.44. The highest BCUT2D eigenvalue weighted by Crippen LogP contribution is 2.13. The van der Waals surface area contributed by atoms with Crippen molar-refractivity contribution in [1.82, 2.24) is 5.43 Å². The number of nitrogens with zero attached hydrogens (tertiary/aromatic N) is 1. The summed E-state index contributed by atoms with van der Waals surface area (Å²) in [5, 5.41) is 4.12. The van der Waals surface area contributed by atoms with Crippen molar-refractivity contribution in [3.8, 4) is 5.75 Å². The zero-order valence-electron chi connectivity index (χ0n) is 9.81. The van der Waals surface area contributed by atoms with Crippen LogP contribution in [0.1, 0.15) is 12.5 Å². The Balaban J connectivity index is 2.69. The van der Waals surface area contributed by atoms with Crippen LogP contribution in [0.2, 0.25) is 0 Å². The van der Waals surface area contributed by atoms with E-state index < -0.39 is 0 Å². The number of hydrogen-bond donors (Lipinski definition) is 2. The van der Waals surface area contributed by atoms with Gasteiger partial charge in [0, 0.05) is 0 Å². The van der Waals surface area contributed by atoms with Gasteiger partial charge in [-0.25, -0.2) is 0 Å². The molecule has 90 valence electrons. The highest BCUT2D eigenvalue weighted by molar-refractivity contribution is 7.80. The van der Waals surface area contributed by atoms with E-state index in [1.165, 1.54) is 0 Å². The van der Waals surface area contributed by atoms with Crippen LogP contribution in [-0.4, -0.2) is 17.9 Å². The molecule has 1 aromatic carbocycles. The molecule has 0 atom stereocenters. The topological polar surface area (TPSA) is 59.6 Å². The summed E-state index contributed by atoms with van der Waals surface area (Å²) < 4.78 is 5.13. The van der Waals surface area contributed by atoms with E-state index in [-0.39, 0.29) is 5.11 Å². The molecule has 0 fully saturated rings. The fourth-order valence-corrected chi connectivity index (χ4v) is 1.19. The third kappa shape index (κ3) is 5.12. The van der Waals surface area contributed by atoms with Gasteiger partial charge in [-0.05, 0) is 42.9 Å². The van der Waals surface area contributed by atoms with Gasteiger partial charge in [-0.3, -0.25) is 5.43 Å². The highest BCUT2D eigenvalue weighted by atomic mass is 32.1. The van der Waals surface area contributed by atoms with Gasteiger partial charge in [-0.15, -0.1) is 0 Å². The van der Waals surface area contributed by atoms with Gasteiger partial charge in [0.25, 0.3) is 0 Å². The van der Waals surface area contributed by atoms with Crippen LogP contribution in [0.4, 0.5) is 0 Å². The van der Waals surface area contributed by atoms with Crippen molar-refractivity contribution in [2.24, 2.45) is 10.8 Å². The minimum atomic E-state index is 0.152. The molecule has 5 heteroatoms. The van der Waals surface area contributed by atoms with Crippen molar-refractivity contribution < 1.29 is 4.74 Å². The molecule has 0 heterocycles. The van der Waals surface area contributed by atoms with Crippen molar-refractivity contribution in [2.75, 3.05) is 7.11 Å². The first-order chi connectivity index (χ1) is 8.11. The third-order valence-electron chi connectivity index (χ3n) is 1.95. The fraction of sp³-hybridized carbons (Fsp3) is 0.167. The van der Waals surface area contributed by atoms with E-state index in [9.17, 15) is 0 Å². The smallest absolute Gasteiger partial charge is 0.184 e. The molecule has 0 aliphatic rings. The second-order valence-corrected chi connectivity index (χ2v) is 3.78. The van der Waals surface area contributed by atoms with E-state index in [4.69, 9.17) is 10.5 Å². The Morgan fingerprint density at radius 2 is 2.29 bits per heavy atom. The molecule has 0 aromatic heterocycles. The molecule has 0 unspecified atom stereocenters. The Bertz CT molecular complexity index is 455. The minimum absolute atomic E-state index is 0.152. The van der Waals surface area contributed by atoms with Crippen molar-refractivity contribution in [3.05, 3.63) is 35.9 Å². The normalized spacial score (nSPS) is 11.5. The Morgan fingerprint density at radius 1 is 1.53 bits per heavy atom. The summed E-state index contributed by atoms with van der Waals surface area (Å²) in [6, 6.07) is 7.74. The van der Waals surface area contributed by atoms with Gasteiger partial charge in [0.2, 0.25) is 0 Å². The molecule has 0 saturated carbocycles. The van der Waals surface area contributed by atoms with E-state index >= 15 is 0 Å². The summed E-state index contributed by atoms with van der Waals surface area (Å²) in [6.07, 6.45) is 3.79. The van der Waals surface area contributed by atoms with Gasteiger partial charge >= 0.3 is 0 Å². The van der Waals surface area contributed by atoms with E-state index in [1.54, 1.807) is 7.11 Å². The molecule has 17 heavy (non-hydrogen) atoms. The SMILES string of the molecule is COc1cccc(/C=C/C(C)=N/NC(N)=S)c1. The van der Waals surface area contributed by atoms with Gasteiger partial charge < -0.3 is 10.5 Å². The average Bonchev–Trinajstić information content (AvgIpc) is 2.34. The molecular weight excluding hydrogens is 234 g/mol. The lowest BCUT2D eigenvalue weighted by Crippen LogP contribution is -2.24. The molecular formula is C12H15N3OS. The predicted molar refractivity (Wildman–Crippen MR) is 75.1 cm³/mol. The predicted octanol–water partition coefficient (Wildman–Crippen LogP) is 1.92. The first-order valence-electron chi connectivity index (χ1n) is 5.03. The van der Waals surface area contributed by atoms with Crippen molar-refractivity contribution in [1.29, 1.82) is 0 Å². The Kier molecular flexibility index (Phi) is 5.16. The van der Waals surface area contributed by atoms with Gasteiger partial charge in [0.05, 0.1) is 12.8 Å². The van der Waals surface area contributed by atoms with E-state index in [0.717, 1.165) is 17.0 Å². The first kappa shape index (κ1) is 13.2. The molecule has 0 saturated heterocycles. The van der Waals surface area contributed by atoms with Crippen LogP contribution >= 0.6 is 12.2 Å². The fourth-order valence-electron chi connectivity index (χ4n) is 1.14. The maximum Gasteiger partial charge on any atom is 0.184 e. The molecule has 0 spiro atoms. The summed E-state index contributed by atoms with van der Waals surface area (Å²) in [5.41, 5.74) is 9.60. The average molecular weight is 249 g/mol. The molecule has 0 aliphatic heterocycles. The number of hydrazone groups is 1. The van der Waals surface area contributed by atoms with Gasteiger partial charge in [-0.1, -0.05) is 18.2 Å². The summed E-state index contributed by atoms with van der Waals surface area (Å²) in [7, 11) is 1.64. The zero-order valence-corrected chi connectivity index (χ0v) is 10.6. The number of hydrogen-bond acceptors (Lipinski definition) is 3. The maximum atomic E-state index is 5.26. The standard InChI is InChI=1S/C12H15N3OS/c1-9(14-15-12(13)17)6-7-10-4-3-5-11(8-10)16-2/h3-8H,1-2H3,(H3,13,15,17)/b7-6+,14-9+. The van der Waals surface area contributed by atoms with Crippen LogP contribution < -0.4 is 15.9 Å². The van der Waals surface area contributed by atoms with E-state index in [2.05, 4.69) is 22.7 Å². The van der Waals surface area contributed by atoms with Gasteiger partial charge in [0.15, 0.2) is 5.11 Å². The van der Waals surface area contributed by atoms with E-state index in [0.29, 0.717) is 0 Å². The molecule has 1 rings (SSSR count). The highest BCUT2D eigenvalue weighted by Gasteiger charge is 1.92. The lowest BCUT2D eigenvalue weighted by Gasteiger charge is -2.00. The number of benzene rings is 1. The van der Waals surface area contributed by atoms with E-state index in [1.807, 2.05) is 43.3 Å². The number of ether oxygens (including phenoxy) is 1. The van der Waals surface area contributed by atoms with Gasteiger partial charge in [0.1, 0.15) is 5.75 Å². The maximum absolute atomic E-state index is 5.26. The second-order valence-electron chi connectivity index (χ2n) is 3.34. The summed E-state index contributed by atoms with van der Waals surface area (Å²) in [6.45, 7) is 1.85. The van der Waals surface area contributed by atoms with Gasteiger partial charge in [-0.2, -0.15) is 5.10 Å². The Hall–Kier alpha value is -1.88. The Morgan fingerprint density at radius 3 is 2.94 bits per heavy atom. The molecule has 4 nitrogen and oxygen atoms in total. The van der Waals surface area contributed by atoms with Crippen molar-refractivity contribution >= 4 is 29.1 Å². The number of nitrogens with one attached hydrogen (secondary N) is 1. The monoisotopic (exact) mass is 249 g/mol.